The van der Waals surface area contributed by atoms with E-state index in [1.54, 1.807) is 7.85 Å². The lowest BCUT2D eigenvalue weighted by molar-refractivity contribution is 0.321. The Bertz CT molecular complexity index is 3060. The van der Waals surface area contributed by atoms with Crippen molar-refractivity contribution in [1.82, 2.24) is 0 Å². The molecule has 7 aromatic carbocycles. The largest absolute Gasteiger partial charge is 0.513 e. The maximum Gasteiger partial charge on any atom is 0.143 e. The van der Waals surface area contributed by atoms with Crippen molar-refractivity contribution in [3.05, 3.63) is 184 Å². The summed E-state index contributed by atoms with van der Waals surface area (Å²) in [6.07, 6.45) is 7.57. The second-order valence-corrected chi connectivity index (χ2v) is 15.3. The molecule has 0 spiro atoms. The fraction of sp³-hybridized carbons (Fsp3) is 0.0980. The Hall–Kier alpha value is -6.49. The summed E-state index contributed by atoms with van der Waals surface area (Å²) >= 11 is 0. The molecule has 1 aromatic heterocycles. The van der Waals surface area contributed by atoms with Gasteiger partial charge in [0.15, 0.2) is 0 Å². The van der Waals surface area contributed by atoms with Crippen molar-refractivity contribution in [2.45, 2.75) is 25.6 Å². The molecule has 3 N–H and O–H groups in total. The monoisotopic (exact) mass is 740 g/mol. The van der Waals surface area contributed by atoms with Gasteiger partial charge in [-0.05, 0) is 114 Å². The minimum absolute atomic E-state index is 0.0622. The first-order valence-electron chi connectivity index (χ1n) is 19.7. The lowest BCUT2D eigenvalue weighted by Gasteiger charge is -2.19. The van der Waals surface area contributed by atoms with Gasteiger partial charge in [0.25, 0.3) is 0 Å². The first kappa shape index (κ1) is 36.2. The zero-order valence-corrected chi connectivity index (χ0v) is 32.4. The maximum absolute atomic E-state index is 11.4. The maximum atomic E-state index is 11.4. The van der Waals surface area contributed by atoms with E-state index in [1.807, 2.05) is 33.0 Å². The summed E-state index contributed by atoms with van der Waals surface area (Å²) < 4.78 is 6.84. The highest BCUT2D eigenvalue weighted by atomic mass is 16.3. The molecule has 6 heteroatoms. The summed E-state index contributed by atoms with van der Waals surface area (Å²) in [6, 6.07) is 47.1. The molecule has 57 heavy (non-hydrogen) atoms. The van der Waals surface area contributed by atoms with Gasteiger partial charge in [0, 0.05) is 28.0 Å². The van der Waals surface area contributed by atoms with Gasteiger partial charge in [-0.15, -0.1) is 0 Å². The van der Waals surface area contributed by atoms with Crippen molar-refractivity contribution >= 4 is 76.2 Å². The zero-order chi connectivity index (χ0) is 39.2. The van der Waals surface area contributed by atoms with Crippen LogP contribution in [-0.4, -0.2) is 37.6 Å². The molecule has 0 aliphatic heterocycles. The number of furan rings is 1. The number of allylic oxidation sites excluding steroid dienone is 4. The molecule has 1 aliphatic carbocycles. The number of hydrogen-bond acceptors (Lipinski definition) is 4. The molecule has 1 atom stereocenters. The van der Waals surface area contributed by atoms with E-state index >= 15 is 0 Å². The molecule has 1 unspecified atom stereocenters. The average Bonchev–Trinajstić information content (AvgIpc) is 3.50. The number of hydrogen-bond donors (Lipinski definition) is 3. The first-order chi connectivity index (χ1) is 27.8. The molecule has 4 nitrogen and oxygen atoms in total. The van der Waals surface area contributed by atoms with E-state index in [9.17, 15) is 15.3 Å². The molecule has 0 radical (unpaired) electrons. The molecule has 276 valence electrons. The van der Waals surface area contributed by atoms with Crippen molar-refractivity contribution in [1.29, 1.82) is 0 Å². The average molecular weight is 741 g/mol. The molecule has 0 amide bonds. The van der Waals surface area contributed by atoms with Crippen LogP contribution in [0.1, 0.15) is 30.9 Å². The second kappa shape index (κ2) is 14.9. The van der Waals surface area contributed by atoms with E-state index in [1.165, 1.54) is 11.1 Å². The van der Waals surface area contributed by atoms with Crippen molar-refractivity contribution in [3.8, 4) is 22.3 Å². The van der Waals surface area contributed by atoms with Gasteiger partial charge in [0.2, 0.25) is 0 Å². The quantitative estimate of drug-likeness (QED) is 0.0825. The number of aliphatic hydroxyl groups is 3. The number of fused-ring (bicyclic) bond motifs is 7. The molecule has 0 fully saturated rings. The zero-order valence-electron chi connectivity index (χ0n) is 32.4. The summed E-state index contributed by atoms with van der Waals surface area (Å²) in [5, 5.41) is 40.9. The topological polar surface area (TPSA) is 73.8 Å². The summed E-state index contributed by atoms with van der Waals surface area (Å²) in [5.41, 5.74) is 10.5. The molecule has 0 saturated carbocycles. The first-order valence-corrected chi connectivity index (χ1v) is 19.7. The number of rotatable bonds is 8. The summed E-state index contributed by atoms with van der Waals surface area (Å²) in [4.78, 5) is 0. The van der Waals surface area contributed by atoms with Gasteiger partial charge < -0.3 is 19.7 Å². The van der Waals surface area contributed by atoms with Gasteiger partial charge in [-0.25, -0.2) is 0 Å². The van der Waals surface area contributed by atoms with Crippen LogP contribution in [0, 0.1) is 0 Å². The van der Waals surface area contributed by atoms with Crippen LogP contribution in [0.15, 0.2) is 167 Å². The fourth-order valence-corrected chi connectivity index (χ4v) is 8.48. The third kappa shape index (κ3) is 6.36. The van der Waals surface area contributed by atoms with Gasteiger partial charge in [0.05, 0.1) is 18.1 Å². The van der Waals surface area contributed by atoms with E-state index in [-0.39, 0.29) is 30.4 Å². The fourth-order valence-electron chi connectivity index (χ4n) is 8.48. The Morgan fingerprint density at radius 2 is 1.33 bits per heavy atom. The van der Waals surface area contributed by atoms with Gasteiger partial charge in [0.1, 0.15) is 26.7 Å². The Kier molecular flexibility index (Phi) is 9.44. The van der Waals surface area contributed by atoms with Gasteiger partial charge in [-0.3, -0.25) is 0 Å². The summed E-state index contributed by atoms with van der Waals surface area (Å²) in [6.45, 7) is 1.69. The third-order valence-corrected chi connectivity index (χ3v) is 11.4. The standard InChI is InChI=1S/C51H42B2O4/c1-30(52)50(56)43(28-45(55)44(53)29-54)33-14-11-15-35(27-33)47-37-16-5-7-18-39(37)48(40-19-8-6-17-38(40)47)41-20-9-10-21-46-49(41)42-25-23-34-26-32(31-12-3-2-4-13-31)22-24-36(34)51(42)57-46/h2-9,11-27,30,54-56H,10,28-29,52-53H2,1H3/b45-44-,50-43-. The van der Waals surface area contributed by atoms with E-state index in [4.69, 9.17) is 4.42 Å². The predicted octanol–water partition coefficient (Wildman–Crippen LogP) is 9.66. The van der Waals surface area contributed by atoms with Crippen molar-refractivity contribution in [2.75, 3.05) is 6.61 Å². The van der Waals surface area contributed by atoms with E-state index < -0.39 is 0 Å². The van der Waals surface area contributed by atoms with E-state index in [2.05, 4.69) is 133 Å². The third-order valence-electron chi connectivity index (χ3n) is 11.4. The van der Waals surface area contributed by atoms with Crippen LogP contribution in [0.3, 0.4) is 0 Å². The molecular formula is C51H42B2O4. The lowest BCUT2D eigenvalue weighted by Crippen LogP contribution is -2.22. The van der Waals surface area contributed by atoms with Crippen LogP contribution in [-0.2, 0) is 0 Å². The summed E-state index contributed by atoms with van der Waals surface area (Å²) in [5.74, 6) is 0.130. The van der Waals surface area contributed by atoms with Crippen LogP contribution >= 0.6 is 0 Å². The van der Waals surface area contributed by atoms with E-state index in [0.717, 1.165) is 88.2 Å². The highest BCUT2D eigenvalue weighted by Crippen LogP contribution is 2.43. The molecular weight excluding hydrogens is 698 g/mol. The highest BCUT2D eigenvalue weighted by Gasteiger charge is 2.22. The van der Waals surface area contributed by atoms with Crippen molar-refractivity contribution in [2.24, 2.45) is 0 Å². The van der Waals surface area contributed by atoms with E-state index in [0.29, 0.717) is 11.0 Å². The lowest BCUT2D eigenvalue weighted by atomic mass is 9.81. The molecule has 0 bridgehead atoms. The number of benzene rings is 7. The minimum atomic E-state index is -0.250. The van der Waals surface area contributed by atoms with Crippen LogP contribution in [0.4, 0.5) is 0 Å². The van der Waals surface area contributed by atoms with Crippen molar-refractivity contribution < 1.29 is 19.7 Å². The molecule has 0 saturated heterocycles. The minimum Gasteiger partial charge on any atom is -0.513 e. The number of aliphatic hydroxyl groups excluding tert-OH is 3. The SMILES string of the molecule is B/C(CO)=C(\O)C/C(=C(/O)C(B)C)c1cccc(-c2c3ccccc3c(C3=c4c(oc5c4ccc4cc(-c6ccccc6)ccc45)=CCC=C3)c3ccccc23)c1. The Labute approximate surface area is 333 Å². The second-order valence-electron chi connectivity index (χ2n) is 15.3. The van der Waals surface area contributed by atoms with Crippen LogP contribution in [0.5, 0.6) is 0 Å². The van der Waals surface area contributed by atoms with Crippen LogP contribution < -0.4 is 10.6 Å². The van der Waals surface area contributed by atoms with Crippen molar-refractivity contribution in [3.63, 3.8) is 0 Å². The molecule has 1 heterocycles. The van der Waals surface area contributed by atoms with Crippen LogP contribution in [0.2, 0.25) is 5.82 Å². The van der Waals surface area contributed by atoms with Gasteiger partial charge in [-0.1, -0.05) is 128 Å². The Morgan fingerprint density at radius 1 is 0.684 bits per heavy atom. The normalized spacial score (nSPS) is 14.3. The Balaban J connectivity index is 1.30. The molecule has 9 rings (SSSR count). The van der Waals surface area contributed by atoms with Gasteiger partial charge >= 0.3 is 0 Å². The predicted molar refractivity (Wildman–Crippen MR) is 243 cm³/mol. The molecule has 8 aromatic rings. The Morgan fingerprint density at radius 3 is 2.02 bits per heavy atom. The summed E-state index contributed by atoms with van der Waals surface area (Å²) in [7, 11) is 3.64. The molecule has 1 aliphatic rings. The van der Waals surface area contributed by atoms with Crippen LogP contribution in [0.25, 0.3) is 82.8 Å². The highest BCUT2D eigenvalue weighted by molar-refractivity contribution is 6.22. The van der Waals surface area contributed by atoms with Gasteiger partial charge in [-0.2, -0.15) is 0 Å². The smallest absolute Gasteiger partial charge is 0.143 e.